The van der Waals surface area contributed by atoms with E-state index < -0.39 is 0 Å². The number of hydrogen-bond donors (Lipinski definition) is 0. The first-order valence-electron chi connectivity index (χ1n) is 0. The maximum absolute atomic E-state index is 0. The van der Waals surface area contributed by atoms with E-state index in [1.807, 2.05) is 0 Å². The van der Waals surface area contributed by atoms with Crippen molar-refractivity contribution in [2.45, 2.75) is 0 Å². The van der Waals surface area contributed by atoms with Crippen molar-refractivity contribution in [1.82, 2.24) is 0 Å². The first-order chi connectivity index (χ1) is 0. The first kappa shape index (κ1) is 596. The molecule has 0 saturated carbocycles. The summed E-state index contributed by atoms with van der Waals surface area (Å²) >= 11 is 0. The second-order valence-electron chi connectivity index (χ2n) is 0. The largest absolute Gasteiger partial charge is 0 e. The molecule has 0 saturated heterocycles. The smallest absolute Gasteiger partial charge is 0 e. The van der Waals surface area contributed by atoms with Crippen molar-refractivity contribution in [1.29, 1.82) is 0 Å². The van der Waals surface area contributed by atoms with Crippen LogP contribution in [0.25, 0.3) is 0 Å². The van der Waals surface area contributed by atoms with Crippen molar-refractivity contribution in [2.75, 3.05) is 0 Å². The summed E-state index contributed by atoms with van der Waals surface area (Å²) in [5, 5.41) is 0. The zero-order chi connectivity index (χ0) is 0. The summed E-state index contributed by atoms with van der Waals surface area (Å²) in [5.41, 5.74) is 0. The molecule has 79 heavy (non-hydrogen) atoms. The molecule has 0 aliphatic rings. The summed E-state index contributed by atoms with van der Waals surface area (Å²) in [4.78, 5) is 0. The molecule has 0 aromatic heterocycles. The minimum Gasteiger partial charge on any atom is 0 e. The molecular weight excluding hydrogens is 7020 g/mol. The molecule has 0 unspecified atom stereocenters. The molecule has 0 heterocycles. The molecule has 0 aliphatic heterocycles. The Kier molecular flexibility index (Phi) is 4420. The Morgan fingerprint density at radius 2 is 0.0127 bits per heavy atom. The van der Waals surface area contributed by atoms with E-state index >= 15 is 0 Å². The molecule has 0 nitrogen and oxygen atoms in total. The van der Waals surface area contributed by atoms with Gasteiger partial charge in [-0.25, -0.2) is 0 Å². The van der Waals surface area contributed by atoms with Crippen LogP contribution in [0.3, 0.4) is 0 Å². The van der Waals surface area contributed by atoms with Crippen LogP contribution in [0.5, 0.6) is 0 Å². The van der Waals surface area contributed by atoms with Gasteiger partial charge in [-0.3, -0.25) is 0 Å². The molecule has 0 atom stereocenters. The molecule has 0 N–H and O–H groups in total. The third kappa shape index (κ3) is 579. The van der Waals surface area contributed by atoms with E-state index in [9.17, 15) is 0 Å². The van der Waals surface area contributed by atoms with Crippen molar-refractivity contribution < 1.29 is 2580 Å². The van der Waals surface area contributed by atoms with Gasteiger partial charge >= 0.3 is 0 Å². The molecule has 0 rings (SSSR count). The summed E-state index contributed by atoms with van der Waals surface area (Å²) in [5.74, 6) is 0. The van der Waals surface area contributed by atoms with Gasteiger partial charge in [0.2, 0.25) is 0 Å². The molecule has 0 fully saturated rings. The van der Waals surface area contributed by atoms with E-state index in [-0.39, 0.29) is 2580 Å². The summed E-state index contributed by atoms with van der Waals surface area (Å²) in [6.07, 6.45) is 0. The molecule has 79 heteroatoms. The zero-order valence-corrected chi connectivity index (χ0v) is 270. The van der Waals surface area contributed by atoms with Crippen molar-refractivity contribution in [3.8, 4) is 0 Å². The van der Waals surface area contributed by atoms with Crippen molar-refractivity contribution in [3.63, 3.8) is 0 Å². The zero-order valence-electron chi connectivity index (χ0n) is 45.6. The SMILES string of the molecule is [Y].[Y].[Y].[Y].[Y].[Y].[Y].[Y].[Y].[Y].[Y].[Y].[Y].[Y].[Y].[Y].[Y].[Y].[Y].[Y].[Y].[Y].[Y].[Y].[Y].[Y].[Y].[Y].[Y].[Y].[Y].[Y].[Y].[Y].[Y].[Y].[Y].[Y].[Y].[Y].[Y].[Y].[Y].[Y].[Y].[Y].[Y].[Y].[Y].[Y].[Y].[Y].[Y].[Y].[Y].[Y].[Y].[Y].[Y].[Y].[Y].[Y].[Y].[Y].[Y].[Y].[Y].[Y].[Y].[Y].[Y].[Y].[Y].[Y].[Y].[Y].[Y].[Y].[Y]. The normalized spacial score (nSPS) is 0. The van der Waals surface area contributed by atoms with Gasteiger partial charge in [-0.05, 0) is 0 Å². The monoisotopic (exact) mass is 7020 g/mol. The molecular formula is Y79. The standard InChI is InChI=1S/79Y. The Bertz CT molecular complexity index is 0. The summed E-state index contributed by atoms with van der Waals surface area (Å²) in [7, 11) is 0. The van der Waals surface area contributed by atoms with E-state index in [0.717, 1.165) is 0 Å². The molecule has 0 aromatic rings. The van der Waals surface area contributed by atoms with Crippen molar-refractivity contribution >= 4 is 0 Å². The minimum atomic E-state index is 0. The molecule has 79 radical (unpaired) electrons. The summed E-state index contributed by atoms with van der Waals surface area (Å²) in [6.45, 7) is 0. The molecule has 0 aromatic carbocycles. The van der Waals surface area contributed by atoms with Crippen LogP contribution in [0.15, 0.2) is 0 Å². The average Bonchev–Trinajstić information content (AvgIpc) is 0. The minimum absolute atomic E-state index is 0. The fourth-order valence-corrected chi connectivity index (χ4v) is 0. The van der Waals surface area contributed by atoms with Gasteiger partial charge in [0.1, 0.15) is 0 Å². The van der Waals surface area contributed by atoms with Gasteiger partial charge in [0, 0.05) is 2580 Å². The molecule has 0 aliphatic carbocycles. The van der Waals surface area contributed by atoms with Crippen molar-refractivity contribution in [3.05, 3.63) is 0 Å². The molecule has 237 valence electrons. The maximum atomic E-state index is 0. The Hall–Kier alpha value is 87.2. The fraction of sp³-hybridized carbons (Fsp3) is 0. The predicted octanol–water partition coefficient (Wildman–Crippen LogP) is -0.198. The number of rotatable bonds is 0. The van der Waals surface area contributed by atoms with Gasteiger partial charge in [0.05, 0.1) is 0 Å². The van der Waals surface area contributed by atoms with Gasteiger partial charge in [-0.15, -0.1) is 0 Å². The van der Waals surface area contributed by atoms with E-state index in [1.165, 1.54) is 0 Å². The topological polar surface area (TPSA) is 0 Å². The van der Waals surface area contributed by atoms with E-state index in [4.69, 9.17) is 0 Å². The molecule has 0 amide bonds. The van der Waals surface area contributed by atoms with Crippen LogP contribution < -0.4 is 0 Å². The van der Waals surface area contributed by atoms with Crippen LogP contribution in [0.1, 0.15) is 0 Å². The predicted molar refractivity (Wildman–Crippen MR) is 0 cm³/mol. The second-order valence-corrected chi connectivity index (χ2v) is 0. The first-order valence-corrected chi connectivity index (χ1v) is 0. The maximum Gasteiger partial charge on any atom is 0 e. The fourth-order valence-electron chi connectivity index (χ4n) is 0. The quantitative estimate of drug-likeness (QED) is 0.316. The van der Waals surface area contributed by atoms with Crippen LogP contribution in [0, 0.1) is 0 Å². The van der Waals surface area contributed by atoms with Crippen molar-refractivity contribution in [2.24, 2.45) is 0 Å². The van der Waals surface area contributed by atoms with Crippen LogP contribution in [-0.2, 0) is 2580 Å². The van der Waals surface area contributed by atoms with E-state index in [0.29, 0.717) is 0 Å². The van der Waals surface area contributed by atoms with Gasteiger partial charge in [0.15, 0.2) is 0 Å². The van der Waals surface area contributed by atoms with Crippen LogP contribution >= 0.6 is 0 Å². The molecule has 0 bridgehead atoms. The summed E-state index contributed by atoms with van der Waals surface area (Å²) in [6, 6.07) is 0. The van der Waals surface area contributed by atoms with Crippen LogP contribution in [-0.4, -0.2) is 0 Å². The third-order valence-electron chi connectivity index (χ3n) is 0. The van der Waals surface area contributed by atoms with Gasteiger partial charge in [0.25, 0.3) is 0 Å². The van der Waals surface area contributed by atoms with E-state index in [2.05, 4.69) is 0 Å². The number of hydrogen-bond acceptors (Lipinski definition) is 0. The Morgan fingerprint density at radius 3 is 0.0127 bits per heavy atom. The van der Waals surface area contributed by atoms with Crippen LogP contribution in [0.4, 0.5) is 0 Å². The van der Waals surface area contributed by atoms with Gasteiger partial charge in [-0.2, -0.15) is 0 Å². The second kappa shape index (κ2) is 586. The Labute approximate surface area is 2480 Å². The van der Waals surface area contributed by atoms with Gasteiger partial charge < -0.3 is 0 Å². The van der Waals surface area contributed by atoms with Gasteiger partial charge in [-0.1, -0.05) is 0 Å². The Balaban J connectivity index is 0. The Morgan fingerprint density at radius 1 is 0.0127 bits per heavy atom. The van der Waals surface area contributed by atoms with E-state index in [1.54, 1.807) is 0 Å². The average molecular weight is 7020 g/mol. The van der Waals surface area contributed by atoms with Crippen LogP contribution in [0.2, 0.25) is 0 Å². The molecule has 0 spiro atoms. The third-order valence-corrected chi connectivity index (χ3v) is 0. The summed E-state index contributed by atoms with van der Waals surface area (Å²) < 4.78 is 0.